The van der Waals surface area contributed by atoms with Gasteiger partial charge in [0, 0.05) is 10.0 Å². The van der Waals surface area contributed by atoms with Crippen molar-refractivity contribution in [3.8, 4) is 0 Å². The molecule has 1 unspecified atom stereocenters. The number of hydrogen-bond acceptors (Lipinski definition) is 0. The maximum atomic E-state index is 14.4. The van der Waals surface area contributed by atoms with Gasteiger partial charge >= 0.3 is 30.1 Å². The fourth-order valence-electron chi connectivity index (χ4n) is 2.31. The highest BCUT2D eigenvalue weighted by Crippen LogP contribution is 2.59. The first-order valence-corrected chi connectivity index (χ1v) is 7.72. The second kappa shape index (κ2) is 7.03. The van der Waals surface area contributed by atoms with E-state index in [0.717, 1.165) is 0 Å². The van der Waals surface area contributed by atoms with Crippen LogP contribution in [0.15, 0.2) is 16.6 Å². The summed E-state index contributed by atoms with van der Waals surface area (Å²) in [6.45, 7) is 1.38. The number of halogens is 13. The second-order valence-electron chi connectivity index (χ2n) is 5.46. The summed E-state index contributed by atoms with van der Waals surface area (Å²) in [5.74, 6) is -7.05. The van der Waals surface area contributed by atoms with Crippen LogP contribution in [0, 0.1) is 0 Å². The van der Waals surface area contributed by atoms with Gasteiger partial charge in [-0.3, -0.25) is 0 Å². The summed E-state index contributed by atoms with van der Waals surface area (Å²) in [5.41, 5.74) is -11.6. The van der Waals surface area contributed by atoms with Gasteiger partial charge in [0.2, 0.25) is 0 Å². The molecule has 0 aromatic heterocycles. The Kier molecular flexibility index (Phi) is 6.22. The van der Waals surface area contributed by atoms with Crippen molar-refractivity contribution in [3.63, 3.8) is 0 Å². The lowest BCUT2D eigenvalue weighted by Gasteiger charge is -2.36. The van der Waals surface area contributed by atoms with E-state index in [1.165, 1.54) is 6.92 Å². The number of benzene rings is 1. The predicted octanol–water partition coefficient (Wildman–Crippen LogP) is 7.35. The van der Waals surface area contributed by atoms with Crippen LogP contribution in [0.4, 0.5) is 52.7 Å². The van der Waals surface area contributed by atoms with Crippen molar-refractivity contribution in [2.24, 2.45) is 0 Å². The van der Waals surface area contributed by atoms with Crippen molar-refractivity contribution in [1.82, 2.24) is 0 Å². The van der Waals surface area contributed by atoms with Crippen LogP contribution in [-0.4, -0.2) is 18.3 Å². The first-order chi connectivity index (χ1) is 11.8. The fraction of sp³-hybridized carbons (Fsp3) is 0.571. The van der Waals surface area contributed by atoms with E-state index in [-0.39, 0.29) is 12.5 Å². The van der Waals surface area contributed by atoms with E-state index in [4.69, 9.17) is 0 Å². The van der Waals surface area contributed by atoms with Gasteiger partial charge in [0.25, 0.3) is 0 Å². The summed E-state index contributed by atoms with van der Waals surface area (Å²) < 4.78 is 156. The molecule has 0 saturated carbocycles. The smallest absolute Gasteiger partial charge is 0.221 e. The van der Waals surface area contributed by atoms with E-state index >= 15 is 0 Å². The molecule has 1 aromatic rings. The predicted molar refractivity (Wildman–Crippen MR) is 73.0 cm³/mol. The van der Waals surface area contributed by atoms with Gasteiger partial charge in [-0.2, -0.15) is 48.3 Å². The third kappa shape index (κ3) is 4.02. The Bertz CT molecular complexity index is 685. The number of alkyl halides is 12. The van der Waals surface area contributed by atoms with Crippen molar-refractivity contribution < 1.29 is 52.7 Å². The zero-order valence-corrected chi connectivity index (χ0v) is 14.6. The molecular formula is C14H9BrF12. The summed E-state index contributed by atoms with van der Waals surface area (Å²) in [7, 11) is 0. The zero-order chi connectivity index (χ0) is 21.6. The first kappa shape index (κ1) is 23.9. The van der Waals surface area contributed by atoms with Crippen LogP contribution in [0.25, 0.3) is 0 Å². The summed E-state index contributed by atoms with van der Waals surface area (Å²) in [6.07, 6.45) is -19.7. The summed E-state index contributed by atoms with van der Waals surface area (Å²) in [6, 6.07) is -0.809. The Hall–Kier alpha value is -1.14. The number of rotatable bonds is 4. The number of hydrogen-bond donors (Lipinski definition) is 0. The molecule has 27 heavy (non-hydrogen) atoms. The van der Waals surface area contributed by atoms with Crippen LogP contribution < -0.4 is 0 Å². The monoisotopic (exact) mass is 484 g/mol. The standard InChI is InChI=1S/C14H9BrF12/c1-2-3-7-8(11(17,18)19)4-6(5-9(7)15)10(16,13(22,23)24)12(20,21)14(25,26)27/h4-5H,2-3H2,1H3. The second-order valence-corrected chi connectivity index (χ2v) is 6.31. The molecule has 0 heterocycles. The van der Waals surface area contributed by atoms with E-state index in [1.54, 1.807) is 0 Å². The van der Waals surface area contributed by atoms with E-state index in [1.807, 2.05) is 0 Å². The summed E-state index contributed by atoms with van der Waals surface area (Å²) in [5, 5.41) is 0. The Balaban J connectivity index is 3.95. The SMILES string of the molecule is CCCc1c(Br)cc(C(F)(C(F)(F)F)C(F)(F)C(F)(F)F)cc1C(F)(F)F. The van der Waals surface area contributed by atoms with Crippen LogP contribution >= 0.6 is 15.9 Å². The van der Waals surface area contributed by atoms with Gasteiger partial charge in [-0.25, -0.2) is 4.39 Å². The van der Waals surface area contributed by atoms with Gasteiger partial charge in [-0.05, 0) is 24.1 Å². The molecule has 0 spiro atoms. The van der Waals surface area contributed by atoms with Crippen LogP contribution in [0.2, 0.25) is 0 Å². The topological polar surface area (TPSA) is 0 Å². The minimum absolute atomic E-state index is 0.0276. The van der Waals surface area contributed by atoms with Gasteiger partial charge < -0.3 is 0 Å². The Morgan fingerprint density at radius 3 is 1.59 bits per heavy atom. The Morgan fingerprint density at radius 2 is 1.26 bits per heavy atom. The van der Waals surface area contributed by atoms with Crippen molar-refractivity contribution in [2.45, 2.75) is 49.9 Å². The van der Waals surface area contributed by atoms with E-state index < -0.39 is 63.8 Å². The highest BCUT2D eigenvalue weighted by Gasteiger charge is 2.81. The Labute approximate surface area is 152 Å². The molecule has 0 bridgehead atoms. The molecule has 0 radical (unpaired) electrons. The molecule has 13 heteroatoms. The first-order valence-electron chi connectivity index (χ1n) is 6.92. The average molecular weight is 485 g/mol. The van der Waals surface area contributed by atoms with Crippen LogP contribution in [0.3, 0.4) is 0 Å². The van der Waals surface area contributed by atoms with E-state index in [2.05, 4.69) is 15.9 Å². The van der Waals surface area contributed by atoms with Crippen molar-refractivity contribution >= 4 is 15.9 Å². The highest BCUT2D eigenvalue weighted by molar-refractivity contribution is 9.10. The molecule has 0 fully saturated rings. The maximum absolute atomic E-state index is 14.4. The Morgan fingerprint density at radius 1 is 0.778 bits per heavy atom. The molecule has 0 N–H and O–H groups in total. The van der Waals surface area contributed by atoms with Gasteiger partial charge in [0.15, 0.2) is 0 Å². The van der Waals surface area contributed by atoms with Crippen molar-refractivity contribution in [3.05, 3.63) is 33.3 Å². The van der Waals surface area contributed by atoms with Crippen LogP contribution in [0.1, 0.15) is 30.0 Å². The molecule has 0 aliphatic rings. The largest absolute Gasteiger partial charge is 0.457 e. The third-order valence-corrected chi connectivity index (χ3v) is 4.29. The van der Waals surface area contributed by atoms with Gasteiger partial charge in [-0.1, -0.05) is 29.3 Å². The molecule has 0 saturated heterocycles. The summed E-state index contributed by atoms with van der Waals surface area (Å²) >= 11 is 2.41. The lowest BCUT2D eigenvalue weighted by molar-refractivity contribution is -0.389. The lowest BCUT2D eigenvalue weighted by atomic mass is 9.85. The van der Waals surface area contributed by atoms with Crippen molar-refractivity contribution in [1.29, 1.82) is 0 Å². The van der Waals surface area contributed by atoms with Gasteiger partial charge in [0.1, 0.15) is 0 Å². The molecule has 0 aliphatic carbocycles. The fourth-order valence-corrected chi connectivity index (χ4v) is 2.97. The van der Waals surface area contributed by atoms with Crippen LogP contribution in [0.5, 0.6) is 0 Å². The summed E-state index contributed by atoms with van der Waals surface area (Å²) in [4.78, 5) is 0. The van der Waals surface area contributed by atoms with Crippen LogP contribution in [-0.2, 0) is 18.3 Å². The lowest BCUT2D eigenvalue weighted by Crippen LogP contribution is -2.59. The third-order valence-electron chi connectivity index (χ3n) is 3.58. The van der Waals surface area contributed by atoms with Gasteiger partial charge in [0.05, 0.1) is 5.56 Å². The molecule has 1 aromatic carbocycles. The van der Waals surface area contributed by atoms with E-state index in [9.17, 15) is 52.7 Å². The normalized spacial score (nSPS) is 16.4. The highest BCUT2D eigenvalue weighted by atomic mass is 79.9. The van der Waals surface area contributed by atoms with Crippen molar-refractivity contribution in [2.75, 3.05) is 0 Å². The quantitative estimate of drug-likeness (QED) is 0.392. The maximum Gasteiger partial charge on any atom is 0.457 e. The zero-order valence-electron chi connectivity index (χ0n) is 13.0. The molecule has 0 amide bonds. The van der Waals surface area contributed by atoms with Gasteiger partial charge in [-0.15, -0.1) is 0 Å². The molecular weight excluding hydrogens is 476 g/mol. The average Bonchev–Trinajstić information content (AvgIpc) is 2.44. The molecule has 1 rings (SSSR count). The minimum Gasteiger partial charge on any atom is -0.221 e. The molecule has 0 nitrogen and oxygen atoms in total. The molecule has 1 atom stereocenters. The minimum atomic E-state index is -7.05. The van der Waals surface area contributed by atoms with E-state index in [0.29, 0.717) is 0 Å². The molecule has 0 aliphatic heterocycles. The molecule has 156 valence electrons.